The Labute approximate surface area is 111 Å². The maximum atomic E-state index is 10.8. The smallest absolute Gasteiger partial charge is 0.0896 e. The van der Waals surface area contributed by atoms with Crippen molar-refractivity contribution in [1.82, 2.24) is 0 Å². The van der Waals surface area contributed by atoms with E-state index in [0.717, 1.165) is 37.7 Å². The second-order valence-corrected chi connectivity index (χ2v) is 6.41. The van der Waals surface area contributed by atoms with Gasteiger partial charge in [-0.25, -0.2) is 0 Å². The lowest BCUT2D eigenvalue weighted by molar-refractivity contribution is -0.000743. The summed E-state index contributed by atoms with van der Waals surface area (Å²) in [7, 11) is 0. The van der Waals surface area contributed by atoms with Crippen molar-refractivity contribution in [3.05, 3.63) is 35.4 Å². The van der Waals surface area contributed by atoms with Crippen LogP contribution in [0.3, 0.4) is 0 Å². The zero-order valence-corrected chi connectivity index (χ0v) is 12.0. The van der Waals surface area contributed by atoms with Crippen LogP contribution in [0.2, 0.25) is 0 Å². The summed E-state index contributed by atoms with van der Waals surface area (Å²) in [5, 5.41) is 10.8. The van der Waals surface area contributed by atoms with E-state index < -0.39 is 5.60 Å². The maximum Gasteiger partial charge on any atom is 0.0896 e. The second kappa shape index (κ2) is 5.05. The molecule has 2 rings (SSSR count). The minimum atomic E-state index is -0.571. The van der Waals surface area contributed by atoms with Gasteiger partial charge >= 0.3 is 0 Å². The summed E-state index contributed by atoms with van der Waals surface area (Å²) in [6.07, 6.45) is 6.53. The summed E-state index contributed by atoms with van der Waals surface area (Å²) in [6, 6.07) is 8.63. The predicted octanol–water partition coefficient (Wildman–Crippen LogP) is 4.53. The number of hydrogen-bond acceptors (Lipinski definition) is 1. The van der Waals surface area contributed by atoms with Gasteiger partial charge in [-0.2, -0.15) is 0 Å². The highest BCUT2D eigenvalue weighted by molar-refractivity contribution is 5.32. The minimum Gasteiger partial charge on any atom is -0.385 e. The molecule has 0 bridgehead atoms. The summed E-state index contributed by atoms with van der Waals surface area (Å²) in [4.78, 5) is 0. The number of hydrogen-bond donors (Lipinski definition) is 1. The molecule has 0 saturated heterocycles. The fourth-order valence-electron chi connectivity index (χ4n) is 2.86. The predicted molar refractivity (Wildman–Crippen MR) is 76.7 cm³/mol. The fraction of sp³-hybridized carbons (Fsp3) is 0.647. The third-order valence-corrected chi connectivity index (χ3v) is 4.75. The maximum absolute atomic E-state index is 10.8. The Morgan fingerprint density at radius 2 is 1.83 bits per heavy atom. The molecular formula is C17H26O. The normalized spacial score (nSPS) is 19.8. The second-order valence-electron chi connectivity index (χ2n) is 6.41. The Kier molecular flexibility index (Phi) is 3.82. The van der Waals surface area contributed by atoms with Crippen LogP contribution in [0, 0.1) is 0 Å². The van der Waals surface area contributed by atoms with Crippen LogP contribution in [0.5, 0.6) is 0 Å². The van der Waals surface area contributed by atoms with Crippen molar-refractivity contribution in [2.75, 3.05) is 0 Å². The standard InChI is InChI=1S/C17H26O/c1-4-16(2,3)14-9-8-10-15(13-14)17(18)11-6-5-7-12-17/h8-10,13,18H,4-7,11-12H2,1-3H3. The molecule has 18 heavy (non-hydrogen) atoms. The molecule has 100 valence electrons. The summed E-state index contributed by atoms with van der Waals surface area (Å²) in [6.45, 7) is 6.77. The molecule has 1 aromatic carbocycles. The Bertz CT molecular complexity index is 400. The van der Waals surface area contributed by atoms with Gasteiger partial charge in [-0.1, -0.05) is 64.3 Å². The van der Waals surface area contributed by atoms with Crippen molar-refractivity contribution >= 4 is 0 Å². The summed E-state index contributed by atoms with van der Waals surface area (Å²) < 4.78 is 0. The SMILES string of the molecule is CCC(C)(C)c1cccc(C2(O)CCCCC2)c1. The van der Waals surface area contributed by atoms with E-state index in [2.05, 4.69) is 45.0 Å². The lowest BCUT2D eigenvalue weighted by Crippen LogP contribution is -2.29. The topological polar surface area (TPSA) is 20.2 Å². The van der Waals surface area contributed by atoms with E-state index in [-0.39, 0.29) is 5.41 Å². The molecule has 0 unspecified atom stereocenters. The van der Waals surface area contributed by atoms with E-state index in [4.69, 9.17) is 0 Å². The van der Waals surface area contributed by atoms with Crippen LogP contribution in [0.15, 0.2) is 24.3 Å². The largest absolute Gasteiger partial charge is 0.385 e. The highest BCUT2D eigenvalue weighted by atomic mass is 16.3. The van der Waals surface area contributed by atoms with Gasteiger partial charge in [0.05, 0.1) is 5.60 Å². The quantitative estimate of drug-likeness (QED) is 0.831. The molecule has 1 saturated carbocycles. The third kappa shape index (κ3) is 2.61. The van der Waals surface area contributed by atoms with Crippen molar-refractivity contribution in [2.45, 2.75) is 70.3 Å². The van der Waals surface area contributed by atoms with E-state index >= 15 is 0 Å². The first-order chi connectivity index (χ1) is 8.48. The van der Waals surface area contributed by atoms with E-state index in [0.29, 0.717) is 0 Å². The lowest BCUT2D eigenvalue weighted by Gasteiger charge is -2.34. The van der Waals surface area contributed by atoms with Gasteiger partial charge in [-0.05, 0) is 35.8 Å². The zero-order chi connectivity index (χ0) is 13.2. The molecule has 1 nitrogen and oxygen atoms in total. The first-order valence-corrected chi connectivity index (χ1v) is 7.31. The summed E-state index contributed by atoms with van der Waals surface area (Å²) >= 11 is 0. The van der Waals surface area contributed by atoms with Gasteiger partial charge in [-0.15, -0.1) is 0 Å². The van der Waals surface area contributed by atoms with E-state index in [1.165, 1.54) is 12.0 Å². The Hall–Kier alpha value is -0.820. The zero-order valence-electron chi connectivity index (χ0n) is 12.0. The van der Waals surface area contributed by atoms with Crippen LogP contribution in [0.4, 0.5) is 0 Å². The van der Waals surface area contributed by atoms with Gasteiger partial charge in [-0.3, -0.25) is 0 Å². The average molecular weight is 246 g/mol. The highest BCUT2D eigenvalue weighted by Gasteiger charge is 2.32. The molecular weight excluding hydrogens is 220 g/mol. The average Bonchev–Trinajstić information content (AvgIpc) is 2.40. The Morgan fingerprint density at radius 3 is 2.44 bits per heavy atom. The van der Waals surface area contributed by atoms with Gasteiger partial charge in [0, 0.05) is 0 Å². The molecule has 1 aromatic rings. The molecule has 0 aromatic heterocycles. The highest BCUT2D eigenvalue weighted by Crippen LogP contribution is 2.38. The molecule has 1 fully saturated rings. The van der Waals surface area contributed by atoms with E-state index in [9.17, 15) is 5.11 Å². The van der Waals surface area contributed by atoms with Crippen molar-refractivity contribution in [3.8, 4) is 0 Å². The van der Waals surface area contributed by atoms with Crippen LogP contribution in [0.25, 0.3) is 0 Å². The van der Waals surface area contributed by atoms with Gasteiger partial charge in [0.15, 0.2) is 0 Å². The first kappa shape index (κ1) is 13.6. The first-order valence-electron chi connectivity index (χ1n) is 7.31. The van der Waals surface area contributed by atoms with Gasteiger partial charge in [0.2, 0.25) is 0 Å². The summed E-state index contributed by atoms with van der Waals surface area (Å²) in [5.74, 6) is 0. The fourth-order valence-corrected chi connectivity index (χ4v) is 2.86. The molecule has 1 N–H and O–H groups in total. The van der Waals surface area contributed by atoms with Crippen LogP contribution < -0.4 is 0 Å². The number of rotatable bonds is 3. The summed E-state index contributed by atoms with van der Waals surface area (Å²) in [5.41, 5.74) is 2.10. The van der Waals surface area contributed by atoms with Crippen molar-refractivity contribution in [1.29, 1.82) is 0 Å². The molecule has 0 amide bonds. The molecule has 0 spiro atoms. The molecule has 0 radical (unpaired) electrons. The van der Waals surface area contributed by atoms with Crippen LogP contribution in [0.1, 0.15) is 70.4 Å². The molecule has 0 aliphatic heterocycles. The molecule has 1 heteroatoms. The molecule has 0 atom stereocenters. The van der Waals surface area contributed by atoms with Crippen LogP contribution in [-0.2, 0) is 11.0 Å². The van der Waals surface area contributed by atoms with Crippen LogP contribution in [-0.4, -0.2) is 5.11 Å². The number of benzene rings is 1. The van der Waals surface area contributed by atoms with E-state index in [1.54, 1.807) is 0 Å². The van der Waals surface area contributed by atoms with Crippen molar-refractivity contribution in [2.24, 2.45) is 0 Å². The van der Waals surface area contributed by atoms with Crippen molar-refractivity contribution < 1.29 is 5.11 Å². The van der Waals surface area contributed by atoms with E-state index in [1.807, 2.05) is 0 Å². The van der Waals surface area contributed by atoms with Gasteiger partial charge in [0.25, 0.3) is 0 Å². The monoisotopic (exact) mass is 246 g/mol. The van der Waals surface area contributed by atoms with Crippen molar-refractivity contribution in [3.63, 3.8) is 0 Å². The lowest BCUT2D eigenvalue weighted by atomic mass is 9.76. The molecule has 0 heterocycles. The Morgan fingerprint density at radius 1 is 1.17 bits per heavy atom. The Balaban J connectivity index is 2.32. The molecule has 1 aliphatic rings. The molecule has 1 aliphatic carbocycles. The van der Waals surface area contributed by atoms with Crippen LogP contribution >= 0.6 is 0 Å². The number of aliphatic hydroxyl groups is 1. The third-order valence-electron chi connectivity index (χ3n) is 4.75. The van der Waals surface area contributed by atoms with Gasteiger partial charge < -0.3 is 5.11 Å². The minimum absolute atomic E-state index is 0.195. The van der Waals surface area contributed by atoms with Gasteiger partial charge in [0.1, 0.15) is 0 Å².